The normalized spacial score (nSPS) is 10.8. The lowest BCUT2D eigenvalue weighted by molar-refractivity contribution is 1.16. The maximum absolute atomic E-state index is 3.78. The number of hydrogen-bond donors (Lipinski definition) is 0. The summed E-state index contributed by atoms with van der Waals surface area (Å²) < 4.78 is 0. The van der Waals surface area contributed by atoms with E-state index in [2.05, 4.69) is 13.5 Å². The Morgan fingerprint density at radius 3 is 1.62 bits per heavy atom. The molecular formula is C13H22. The molecule has 0 fully saturated rings. The minimum atomic E-state index is 1.06. The molecule has 0 rings (SSSR count). The van der Waals surface area contributed by atoms with Crippen LogP contribution >= 0.6 is 0 Å². The van der Waals surface area contributed by atoms with E-state index < -0.39 is 0 Å². The molecule has 0 amide bonds. The highest BCUT2D eigenvalue weighted by Gasteiger charge is 1.75. The monoisotopic (exact) mass is 178 g/mol. The van der Waals surface area contributed by atoms with Crippen LogP contribution in [0.3, 0.4) is 0 Å². The van der Waals surface area contributed by atoms with E-state index in [0.717, 1.165) is 6.42 Å². The first-order valence-electron chi connectivity index (χ1n) is 4.77. The maximum Gasteiger partial charge on any atom is -0.0313 e. The van der Waals surface area contributed by atoms with Crippen LogP contribution in [-0.4, -0.2) is 0 Å². The van der Waals surface area contributed by atoms with E-state index >= 15 is 0 Å². The Morgan fingerprint density at radius 2 is 1.46 bits per heavy atom. The van der Waals surface area contributed by atoms with Crippen molar-refractivity contribution in [3.8, 4) is 0 Å². The van der Waals surface area contributed by atoms with Crippen LogP contribution in [0.4, 0.5) is 0 Å². The molecule has 0 heteroatoms. The van der Waals surface area contributed by atoms with Gasteiger partial charge in [-0.25, -0.2) is 0 Å². The standard InChI is InChI=1S/C7H12.C6H10/c1-4-6-7(3)5-2;1-3-5-6-4-2/h4,6H,3,5H2,1-2H3;3-6H,1-2H3. The summed E-state index contributed by atoms with van der Waals surface area (Å²) in [5, 5.41) is 0. The van der Waals surface area contributed by atoms with Crippen LogP contribution in [0, 0.1) is 0 Å². The van der Waals surface area contributed by atoms with Crippen LogP contribution in [0.1, 0.15) is 34.1 Å². The minimum absolute atomic E-state index is 1.06. The van der Waals surface area contributed by atoms with Gasteiger partial charge in [-0.15, -0.1) is 0 Å². The van der Waals surface area contributed by atoms with E-state index in [1.165, 1.54) is 5.57 Å². The zero-order valence-corrected chi connectivity index (χ0v) is 9.38. The fourth-order valence-corrected chi connectivity index (χ4v) is 0.576. The summed E-state index contributed by atoms with van der Waals surface area (Å²) in [5.41, 5.74) is 1.20. The van der Waals surface area contributed by atoms with E-state index in [1.807, 2.05) is 57.2 Å². The van der Waals surface area contributed by atoms with Crippen LogP contribution in [0.25, 0.3) is 0 Å². The van der Waals surface area contributed by atoms with Crippen LogP contribution in [0.2, 0.25) is 0 Å². The van der Waals surface area contributed by atoms with Gasteiger partial charge >= 0.3 is 0 Å². The van der Waals surface area contributed by atoms with Gasteiger partial charge in [-0.1, -0.05) is 55.5 Å². The number of rotatable bonds is 3. The van der Waals surface area contributed by atoms with E-state index in [9.17, 15) is 0 Å². The van der Waals surface area contributed by atoms with Crippen LogP contribution in [0.5, 0.6) is 0 Å². The van der Waals surface area contributed by atoms with E-state index in [0.29, 0.717) is 0 Å². The van der Waals surface area contributed by atoms with Gasteiger partial charge in [-0.3, -0.25) is 0 Å². The molecule has 0 aliphatic heterocycles. The molecule has 0 radical (unpaired) electrons. The average molecular weight is 178 g/mol. The second kappa shape index (κ2) is 13.5. The molecule has 0 atom stereocenters. The summed E-state index contributed by atoms with van der Waals surface area (Å²) in [6.07, 6.45) is 13.1. The molecule has 0 nitrogen and oxygen atoms in total. The first-order chi connectivity index (χ1) is 6.22. The van der Waals surface area contributed by atoms with Crippen LogP contribution in [-0.2, 0) is 0 Å². The molecule has 13 heavy (non-hydrogen) atoms. The third-order valence-electron chi connectivity index (χ3n) is 1.35. The van der Waals surface area contributed by atoms with Gasteiger partial charge in [-0.05, 0) is 27.2 Å². The van der Waals surface area contributed by atoms with Gasteiger partial charge in [-0.2, -0.15) is 0 Å². The first-order valence-corrected chi connectivity index (χ1v) is 4.77. The second-order valence-electron chi connectivity index (χ2n) is 2.56. The van der Waals surface area contributed by atoms with Gasteiger partial charge in [0.25, 0.3) is 0 Å². The molecule has 0 spiro atoms. The Labute approximate surface area is 83.4 Å². The van der Waals surface area contributed by atoms with Crippen molar-refractivity contribution in [3.63, 3.8) is 0 Å². The summed E-state index contributed by atoms with van der Waals surface area (Å²) in [4.78, 5) is 0. The fourth-order valence-electron chi connectivity index (χ4n) is 0.576. The maximum atomic E-state index is 3.78. The molecule has 0 N–H and O–H groups in total. The summed E-state index contributed by atoms with van der Waals surface area (Å²) in [5.74, 6) is 0. The smallest absolute Gasteiger partial charge is 0.0313 e. The fraction of sp³-hybridized carbons (Fsp3) is 0.385. The molecule has 0 saturated heterocycles. The molecule has 74 valence electrons. The van der Waals surface area contributed by atoms with Crippen LogP contribution < -0.4 is 0 Å². The van der Waals surface area contributed by atoms with Crippen molar-refractivity contribution in [2.75, 3.05) is 0 Å². The van der Waals surface area contributed by atoms with Crippen molar-refractivity contribution in [3.05, 3.63) is 48.6 Å². The Kier molecular flexibility index (Phi) is 15.1. The van der Waals surface area contributed by atoms with E-state index in [1.54, 1.807) is 0 Å². The Balaban J connectivity index is 0. The summed E-state index contributed by atoms with van der Waals surface area (Å²) in [6, 6.07) is 0. The number of allylic oxidation sites excluding steroid dienone is 7. The van der Waals surface area contributed by atoms with Crippen LogP contribution in [0.15, 0.2) is 48.6 Å². The van der Waals surface area contributed by atoms with Crippen molar-refractivity contribution >= 4 is 0 Å². The van der Waals surface area contributed by atoms with E-state index in [-0.39, 0.29) is 0 Å². The molecule has 0 bridgehead atoms. The second-order valence-corrected chi connectivity index (χ2v) is 2.56. The van der Waals surface area contributed by atoms with Gasteiger partial charge < -0.3 is 0 Å². The van der Waals surface area contributed by atoms with Gasteiger partial charge in [0.2, 0.25) is 0 Å². The molecule has 0 aromatic rings. The van der Waals surface area contributed by atoms with Gasteiger partial charge in [0.05, 0.1) is 0 Å². The Hall–Kier alpha value is -1.04. The predicted octanol–water partition coefficient (Wildman–Crippen LogP) is 4.67. The molecule has 0 aliphatic rings. The quantitative estimate of drug-likeness (QED) is 0.551. The lowest BCUT2D eigenvalue weighted by atomic mass is 10.2. The molecule has 0 aliphatic carbocycles. The van der Waals surface area contributed by atoms with Crippen molar-refractivity contribution in [2.24, 2.45) is 0 Å². The molecule has 0 heterocycles. The average Bonchev–Trinajstić information content (AvgIpc) is 2.16. The zero-order chi connectivity index (χ0) is 10.5. The minimum Gasteiger partial charge on any atom is -0.0959 e. The van der Waals surface area contributed by atoms with Crippen molar-refractivity contribution in [1.29, 1.82) is 0 Å². The van der Waals surface area contributed by atoms with E-state index in [4.69, 9.17) is 0 Å². The SMILES string of the molecule is C=C(C=CC)CC.CC=CC=CC. The third-order valence-corrected chi connectivity index (χ3v) is 1.35. The molecule has 0 saturated carbocycles. The molecule has 0 unspecified atom stereocenters. The lowest BCUT2D eigenvalue weighted by Crippen LogP contribution is -1.65. The highest BCUT2D eigenvalue weighted by molar-refractivity contribution is 5.12. The largest absolute Gasteiger partial charge is 0.0959 e. The zero-order valence-electron chi connectivity index (χ0n) is 9.38. The van der Waals surface area contributed by atoms with Crippen molar-refractivity contribution in [1.82, 2.24) is 0 Å². The van der Waals surface area contributed by atoms with Gasteiger partial charge in [0, 0.05) is 0 Å². The summed E-state index contributed by atoms with van der Waals surface area (Å²) in [7, 11) is 0. The number of hydrogen-bond acceptors (Lipinski definition) is 0. The highest BCUT2D eigenvalue weighted by atomic mass is 13.8. The summed E-state index contributed by atoms with van der Waals surface area (Å²) in [6.45, 7) is 11.9. The molecular weight excluding hydrogens is 156 g/mol. The predicted molar refractivity (Wildman–Crippen MR) is 63.9 cm³/mol. The molecule has 0 aromatic heterocycles. The molecule has 0 aromatic carbocycles. The Bertz CT molecular complexity index is 170. The Morgan fingerprint density at radius 1 is 1.00 bits per heavy atom. The van der Waals surface area contributed by atoms with Crippen molar-refractivity contribution < 1.29 is 0 Å². The lowest BCUT2D eigenvalue weighted by Gasteiger charge is -1.85. The third kappa shape index (κ3) is 18.2. The highest BCUT2D eigenvalue weighted by Crippen LogP contribution is 1.95. The van der Waals surface area contributed by atoms with Crippen molar-refractivity contribution in [2.45, 2.75) is 34.1 Å². The topological polar surface area (TPSA) is 0 Å². The summed E-state index contributed by atoms with van der Waals surface area (Å²) >= 11 is 0. The van der Waals surface area contributed by atoms with Gasteiger partial charge in [0.15, 0.2) is 0 Å². The first kappa shape index (κ1) is 14.5. The van der Waals surface area contributed by atoms with Gasteiger partial charge in [0.1, 0.15) is 0 Å².